The van der Waals surface area contributed by atoms with Crippen molar-refractivity contribution in [2.75, 3.05) is 0 Å². The van der Waals surface area contributed by atoms with Crippen molar-refractivity contribution in [1.29, 1.82) is 0 Å². The molecule has 0 saturated heterocycles. The molecule has 0 fully saturated rings. The summed E-state index contributed by atoms with van der Waals surface area (Å²) in [6.07, 6.45) is 0. The van der Waals surface area contributed by atoms with E-state index in [9.17, 15) is 0 Å². The van der Waals surface area contributed by atoms with Crippen molar-refractivity contribution in [2.24, 2.45) is 0 Å². The number of fused-ring (bicyclic) bond motifs is 4. The minimum atomic E-state index is 1.07. The van der Waals surface area contributed by atoms with Crippen LogP contribution in [0.25, 0.3) is 49.4 Å². The third kappa shape index (κ3) is 2.48. The van der Waals surface area contributed by atoms with Gasteiger partial charge in [-0.05, 0) is 46.2 Å². The lowest BCUT2D eigenvalue weighted by Gasteiger charge is -2.09. The monoisotopic (exact) mass is 368 g/mol. The van der Waals surface area contributed by atoms with Crippen LogP contribution in [0.5, 0.6) is 0 Å². The van der Waals surface area contributed by atoms with Gasteiger partial charge in [-0.3, -0.25) is 0 Å². The Kier molecular flexibility index (Phi) is 3.54. The van der Waals surface area contributed by atoms with Crippen molar-refractivity contribution >= 4 is 32.6 Å². The summed E-state index contributed by atoms with van der Waals surface area (Å²) in [4.78, 5) is 0. The van der Waals surface area contributed by atoms with Crippen molar-refractivity contribution in [1.82, 2.24) is 4.57 Å². The van der Waals surface area contributed by atoms with Crippen LogP contribution in [-0.4, -0.2) is 4.57 Å². The lowest BCUT2D eigenvalue weighted by atomic mass is 9.97. The second kappa shape index (κ2) is 6.35. The number of nitrogens with zero attached hydrogens (tertiary/aromatic N) is 1. The molecule has 1 heteroatoms. The molecule has 6 rings (SSSR count). The fourth-order valence-electron chi connectivity index (χ4n) is 4.40. The van der Waals surface area contributed by atoms with Gasteiger partial charge in [0, 0.05) is 16.8 Å². The maximum Gasteiger partial charge on any atom is 0.0541 e. The first-order valence-electron chi connectivity index (χ1n) is 9.88. The highest BCUT2D eigenvalue weighted by atomic mass is 15.0. The van der Waals surface area contributed by atoms with Gasteiger partial charge in [0.2, 0.25) is 0 Å². The van der Waals surface area contributed by atoms with Gasteiger partial charge in [-0.15, -0.1) is 0 Å². The number of rotatable bonds is 2. The number of hydrogen-bond acceptors (Lipinski definition) is 0. The van der Waals surface area contributed by atoms with E-state index in [1.54, 1.807) is 0 Å². The molecule has 0 unspecified atom stereocenters. The molecule has 1 heterocycles. The van der Waals surface area contributed by atoms with E-state index in [0.717, 1.165) is 5.69 Å². The molecule has 0 bridgehead atoms. The first-order valence-corrected chi connectivity index (χ1v) is 9.88. The highest BCUT2D eigenvalue weighted by Gasteiger charge is 2.13. The van der Waals surface area contributed by atoms with Crippen LogP contribution in [0.15, 0.2) is 109 Å². The van der Waals surface area contributed by atoms with E-state index in [4.69, 9.17) is 0 Å². The van der Waals surface area contributed by atoms with E-state index in [1.807, 2.05) is 12.1 Å². The summed E-state index contributed by atoms with van der Waals surface area (Å²) in [6, 6.07) is 42.1. The van der Waals surface area contributed by atoms with E-state index in [1.165, 1.54) is 43.7 Å². The van der Waals surface area contributed by atoms with Crippen LogP contribution >= 0.6 is 0 Å². The number of para-hydroxylation sites is 2. The summed E-state index contributed by atoms with van der Waals surface area (Å²) in [6.45, 7) is 0. The number of benzene rings is 5. The molecular formula is C28H18N. The lowest BCUT2D eigenvalue weighted by Crippen LogP contribution is -1.93. The lowest BCUT2D eigenvalue weighted by molar-refractivity contribution is 1.18. The zero-order valence-corrected chi connectivity index (χ0v) is 15.8. The topological polar surface area (TPSA) is 4.93 Å². The Morgan fingerprint density at radius 2 is 1.31 bits per heavy atom. The third-order valence-electron chi connectivity index (χ3n) is 5.71. The van der Waals surface area contributed by atoms with Gasteiger partial charge in [0.1, 0.15) is 0 Å². The van der Waals surface area contributed by atoms with Crippen molar-refractivity contribution in [3.63, 3.8) is 0 Å². The fraction of sp³-hybridized carbons (Fsp3) is 0. The third-order valence-corrected chi connectivity index (χ3v) is 5.71. The fourth-order valence-corrected chi connectivity index (χ4v) is 4.40. The molecule has 6 aromatic rings. The smallest absolute Gasteiger partial charge is 0.0541 e. The van der Waals surface area contributed by atoms with Gasteiger partial charge in [0.15, 0.2) is 0 Å². The van der Waals surface area contributed by atoms with Gasteiger partial charge in [0.25, 0.3) is 0 Å². The Morgan fingerprint density at radius 1 is 0.552 bits per heavy atom. The SMILES string of the molecule is [c]1ccccc1-n1c2ccccc2c2cc(-c3cccc4ccccc34)ccc21. The van der Waals surface area contributed by atoms with Crippen molar-refractivity contribution in [2.45, 2.75) is 0 Å². The molecule has 29 heavy (non-hydrogen) atoms. The van der Waals surface area contributed by atoms with E-state index in [-0.39, 0.29) is 0 Å². The highest BCUT2D eigenvalue weighted by molar-refractivity contribution is 6.11. The predicted molar refractivity (Wildman–Crippen MR) is 123 cm³/mol. The molecule has 0 N–H and O–H groups in total. The molecule has 0 aliphatic carbocycles. The van der Waals surface area contributed by atoms with Gasteiger partial charge >= 0.3 is 0 Å². The predicted octanol–water partition coefficient (Wildman–Crippen LogP) is 7.40. The standard InChI is InChI=1S/C28H18N/c1-2-11-22(12-3-1)29-27-16-7-6-14-25(27)26-19-21(17-18-28(26)29)24-15-8-10-20-9-4-5-13-23(20)24/h1-11,13-19H. The van der Waals surface area contributed by atoms with Crippen molar-refractivity contribution in [3.05, 3.63) is 115 Å². The van der Waals surface area contributed by atoms with Gasteiger partial charge < -0.3 is 4.57 Å². The molecule has 1 aromatic heterocycles. The second-order valence-corrected chi connectivity index (χ2v) is 7.36. The Hall–Kier alpha value is -3.84. The molecule has 0 aliphatic heterocycles. The average molecular weight is 368 g/mol. The summed E-state index contributed by atoms with van der Waals surface area (Å²) in [5, 5.41) is 5.09. The summed E-state index contributed by atoms with van der Waals surface area (Å²) in [5.41, 5.74) is 6.00. The summed E-state index contributed by atoms with van der Waals surface area (Å²) in [7, 11) is 0. The van der Waals surface area contributed by atoms with Gasteiger partial charge in [-0.1, -0.05) is 84.9 Å². The summed E-state index contributed by atoms with van der Waals surface area (Å²) in [5.74, 6) is 0. The Morgan fingerprint density at radius 3 is 2.21 bits per heavy atom. The maximum atomic E-state index is 3.39. The Bertz CT molecular complexity index is 1480. The average Bonchev–Trinajstić information content (AvgIpc) is 3.13. The quantitative estimate of drug-likeness (QED) is 0.300. The van der Waals surface area contributed by atoms with Crippen LogP contribution in [0.4, 0.5) is 0 Å². The molecular weight excluding hydrogens is 350 g/mol. The van der Waals surface area contributed by atoms with Crippen LogP contribution in [0.3, 0.4) is 0 Å². The number of hydrogen-bond donors (Lipinski definition) is 0. The van der Waals surface area contributed by atoms with Crippen molar-refractivity contribution < 1.29 is 0 Å². The minimum absolute atomic E-state index is 1.07. The molecule has 5 aromatic carbocycles. The molecule has 0 atom stereocenters. The van der Waals surface area contributed by atoms with Gasteiger partial charge in [-0.25, -0.2) is 0 Å². The zero-order valence-electron chi connectivity index (χ0n) is 15.8. The first-order chi connectivity index (χ1) is 14.4. The van der Waals surface area contributed by atoms with Crippen LogP contribution in [0.1, 0.15) is 0 Å². The van der Waals surface area contributed by atoms with Crippen LogP contribution < -0.4 is 0 Å². The summed E-state index contributed by atoms with van der Waals surface area (Å²) < 4.78 is 2.30. The molecule has 1 nitrogen and oxygen atoms in total. The molecule has 0 amide bonds. The highest BCUT2D eigenvalue weighted by Crippen LogP contribution is 2.36. The molecule has 135 valence electrons. The Balaban J connectivity index is 1.68. The Labute approximate surface area is 169 Å². The maximum absolute atomic E-state index is 3.39. The van der Waals surface area contributed by atoms with Gasteiger partial charge in [0.05, 0.1) is 16.7 Å². The molecule has 0 spiro atoms. The van der Waals surface area contributed by atoms with Crippen LogP contribution in [0, 0.1) is 6.07 Å². The van der Waals surface area contributed by atoms with Gasteiger partial charge in [-0.2, -0.15) is 0 Å². The molecule has 0 aliphatic rings. The molecule has 0 saturated carbocycles. The normalized spacial score (nSPS) is 11.4. The number of aromatic nitrogens is 1. The largest absolute Gasteiger partial charge is 0.309 e. The van der Waals surface area contributed by atoms with Crippen LogP contribution in [0.2, 0.25) is 0 Å². The van der Waals surface area contributed by atoms with Crippen molar-refractivity contribution in [3.8, 4) is 16.8 Å². The minimum Gasteiger partial charge on any atom is -0.309 e. The first kappa shape index (κ1) is 16.1. The van der Waals surface area contributed by atoms with E-state index >= 15 is 0 Å². The second-order valence-electron chi connectivity index (χ2n) is 7.36. The molecule has 1 radical (unpaired) electrons. The van der Waals surface area contributed by atoms with E-state index < -0.39 is 0 Å². The zero-order chi connectivity index (χ0) is 19.2. The summed E-state index contributed by atoms with van der Waals surface area (Å²) >= 11 is 0. The van der Waals surface area contributed by atoms with Crippen LogP contribution in [-0.2, 0) is 0 Å². The van der Waals surface area contributed by atoms with E-state index in [2.05, 4.69) is 108 Å². The van der Waals surface area contributed by atoms with E-state index in [0.29, 0.717) is 0 Å².